The Balaban J connectivity index is 1.72. The van der Waals surface area contributed by atoms with Gasteiger partial charge in [-0.1, -0.05) is 19.3 Å². The Morgan fingerprint density at radius 2 is 1.62 bits per heavy atom. The molecule has 2 saturated heterocycles. The second-order valence-electron chi connectivity index (χ2n) is 5.67. The Hall–Kier alpha value is 0.270. The molecule has 1 aliphatic carbocycles. The highest BCUT2D eigenvalue weighted by atomic mass is 32.2. The number of thioether (sulfide) groups is 1. The van der Waals surface area contributed by atoms with Gasteiger partial charge in [0.1, 0.15) is 5.72 Å². The molecule has 0 aromatic rings. The summed E-state index contributed by atoms with van der Waals surface area (Å²) in [6, 6.07) is 0. The second kappa shape index (κ2) is 4.51. The minimum Gasteiger partial charge on any atom is -0.360 e. The van der Waals surface area contributed by atoms with E-state index in [2.05, 4.69) is 17.1 Å². The van der Waals surface area contributed by atoms with Gasteiger partial charge in [0.15, 0.2) is 0 Å². The van der Waals surface area contributed by atoms with Crippen molar-refractivity contribution in [3.8, 4) is 0 Å². The Morgan fingerprint density at radius 3 is 2.38 bits per heavy atom. The molecule has 0 atom stereocenters. The first-order valence-electron chi connectivity index (χ1n) is 6.84. The van der Waals surface area contributed by atoms with Crippen LogP contribution in [0, 0.1) is 0 Å². The number of hydrogen-bond acceptors (Lipinski definition) is 3. The summed E-state index contributed by atoms with van der Waals surface area (Å²) in [5, 5.41) is 3.95. The topological polar surface area (TPSA) is 21.3 Å². The molecule has 0 aromatic heterocycles. The molecule has 1 N–H and O–H groups in total. The molecule has 0 aromatic carbocycles. The van der Waals surface area contributed by atoms with Gasteiger partial charge in [-0.3, -0.25) is 5.32 Å². The van der Waals surface area contributed by atoms with Gasteiger partial charge in [-0.25, -0.2) is 0 Å². The first kappa shape index (κ1) is 11.4. The fraction of sp³-hybridized carbons (Fsp3) is 1.00. The maximum Gasteiger partial charge on any atom is 0.121 e. The molecule has 2 nitrogen and oxygen atoms in total. The predicted molar refractivity (Wildman–Crippen MR) is 68.8 cm³/mol. The molecule has 3 fully saturated rings. The zero-order valence-corrected chi connectivity index (χ0v) is 10.9. The van der Waals surface area contributed by atoms with Crippen LogP contribution in [-0.4, -0.2) is 29.4 Å². The van der Waals surface area contributed by atoms with E-state index in [4.69, 9.17) is 4.74 Å². The molecule has 0 bridgehead atoms. The average molecular weight is 241 g/mol. The van der Waals surface area contributed by atoms with Crippen LogP contribution in [0.5, 0.6) is 0 Å². The first-order valence-corrected chi connectivity index (χ1v) is 7.99. The van der Waals surface area contributed by atoms with Gasteiger partial charge >= 0.3 is 0 Å². The Kier molecular flexibility index (Phi) is 3.20. The van der Waals surface area contributed by atoms with Crippen LogP contribution in [0.2, 0.25) is 0 Å². The summed E-state index contributed by atoms with van der Waals surface area (Å²) in [5.41, 5.74) is 0.499. The van der Waals surface area contributed by atoms with Crippen LogP contribution in [0.25, 0.3) is 0 Å². The highest BCUT2D eigenvalue weighted by Gasteiger charge is 2.45. The third kappa shape index (κ3) is 2.14. The van der Waals surface area contributed by atoms with E-state index in [-0.39, 0.29) is 5.72 Å². The minimum atomic E-state index is 0.0564. The molecular formula is C13H23NOS. The summed E-state index contributed by atoms with van der Waals surface area (Å²) in [6.45, 7) is 0.984. The zero-order valence-electron chi connectivity index (χ0n) is 10.1. The molecular weight excluding hydrogens is 218 g/mol. The maximum atomic E-state index is 6.11. The fourth-order valence-electron chi connectivity index (χ4n) is 3.60. The van der Waals surface area contributed by atoms with Gasteiger partial charge in [-0.05, 0) is 43.6 Å². The third-order valence-corrected chi connectivity index (χ3v) is 5.55. The van der Waals surface area contributed by atoms with E-state index in [1.54, 1.807) is 0 Å². The lowest BCUT2D eigenvalue weighted by atomic mass is 9.77. The van der Waals surface area contributed by atoms with Gasteiger partial charge in [0.25, 0.3) is 0 Å². The van der Waals surface area contributed by atoms with Crippen molar-refractivity contribution in [2.45, 2.75) is 62.6 Å². The van der Waals surface area contributed by atoms with Crippen LogP contribution in [-0.2, 0) is 4.74 Å². The van der Waals surface area contributed by atoms with Gasteiger partial charge in [-0.2, -0.15) is 11.8 Å². The van der Waals surface area contributed by atoms with Gasteiger partial charge in [-0.15, -0.1) is 0 Å². The molecule has 3 heteroatoms. The Labute approximate surface area is 103 Å². The van der Waals surface area contributed by atoms with E-state index in [1.165, 1.54) is 62.9 Å². The molecule has 0 amide bonds. The molecule has 0 radical (unpaired) electrons. The van der Waals surface area contributed by atoms with E-state index < -0.39 is 0 Å². The van der Waals surface area contributed by atoms with Crippen molar-refractivity contribution >= 4 is 11.8 Å². The minimum absolute atomic E-state index is 0.0564. The predicted octanol–water partition coefficient (Wildman–Crippen LogP) is 2.92. The highest BCUT2D eigenvalue weighted by Crippen LogP contribution is 2.40. The monoisotopic (exact) mass is 241 g/mol. The summed E-state index contributed by atoms with van der Waals surface area (Å²) in [7, 11) is 0. The molecule has 1 saturated carbocycles. The Bertz CT molecular complexity index is 209. The van der Waals surface area contributed by atoms with Crippen LogP contribution < -0.4 is 5.32 Å². The van der Waals surface area contributed by atoms with Crippen molar-refractivity contribution in [3.63, 3.8) is 0 Å². The average Bonchev–Trinajstić information content (AvgIpc) is 2.31. The molecule has 2 aliphatic heterocycles. The lowest BCUT2D eigenvalue weighted by molar-refractivity contribution is -0.143. The van der Waals surface area contributed by atoms with Crippen molar-refractivity contribution in [2.24, 2.45) is 0 Å². The lowest BCUT2D eigenvalue weighted by Crippen LogP contribution is -2.65. The molecule has 2 heterocycles. The Morgan fingerprint density at radius 1 is 0.875 bits per heavy atom. The molecule has 3 aliphatic rings. The summed E-state index contributed by atoms with van der Waals surface area (Å²) in [5.74, 6) is 2.53. The summed E-state index contributed by atoms with van der Waals surface area (Å²) < 4.78 is 6.11. The summed E-state index contributed by atoms with van der Waals surface area (Å²) >= 11 is 2.08. The van der Waals surface area contributed by atoms with E-state index in [0.717, 1.165) is 6.61 Å². The zero-order chi connectivity index (χ0) is 10.9. The molecule has 3 rings (SSSR count). The van der Waals surface area contributed by atoms with E-state index >= 15 is 0 Å². The molecule has 0 unspecified atom stereocenters. The van der Waals surface area contributed by atoms with Crippen LogP contribution in [0.3, 0.4) is 0 Å². The lowest BCUT2D eigenvalue weighted by Gasteiger charge is -2.52. The second-order valence-corrected chi connectivity index (χ2v) is 6.90. The third-order valence-electron chi connectivity index (χ3n) is 4.56. The van der Waals surface area contributed by atoms with Gasteiger partial charge in [0, 0.05) is 5.54 Å². The van der Waals surface area contributed by atoms with Crippen molar-refractivity contribution in [2.75, 3.05) is 18.1 Å². The largest absolute Gasteiger partial charge is 0.360 e. The smallest absolute Gasteiger partial charge is 0.121 e. The van der Waals surface area contributed by atoms with Gasteiger partial charge in [0.05, 0.1) is 6.61 Å². The van der Waals surface area contributed by atoms with Crippen molar-refractivity contribution in [3.05, 3.63) is 0 Å². The fourth-order valence-corrected chi connectivity index (χ4v) is 4.75. The first-order chi connectivity index (χ1) is 7.83. The highest BCUT2D eigenvalue weighted by molar-refractivity contribution is 7.99. The quantitative estimate of drug-likeness (QED) is 0.704. The van der Waals surface area contributed by atoms with Crippen molar-refractivity contribution < 1.29 is 4.74 Å². The van der Waals surface area contributed by atoms with Gasteiger partial charge < -0.3 is 4.74 Å². The van der Waals surface area contributed by atoms with Crippen LogP contribution >= 0.6 is 11.8 Å². The standard InChI is InChI=1S/C13H23NOS/c1-2-4-12(5-3-1)6-9-15-13(14-12)7-10-16-11-8-13/h14H,1-11H2. The van der Waals surface area contributed by atoms with Gasteiger partial charge in [0.2, 0.25) is 0 Å². The number of rotatable bonds is 0. The number of hydrogen-bond donors (Lipinski definition) is 1. The molecule has 16 heavy (non-hydrogen) atoms. The molecule has 92 valence electrons. The van der Waals surface area contributed by atoms with Crippen molar-refractivity contribution in [1.82, 2.24) is 5.32 Å². The number of nitrogens with one attached hydrogen (secondary N) is 1. The van der Waals surface area contributed by atoms with E-state index in [0.29, 0.717) is 5.54 Å². The van der Waals surface area contributed by atoms with Crippen LogP contribution in [0.1, 0.15) is 51.4 Å². The van der Waals surface area contributed by atoms with E-state index in [1.807, 2.05) is 0 Å². The van der Waals surface area contributed by atoms with Crippen LogP contribution in [0.15, 0.2) is 0 Å². The van der Waals surface area contributed by atoms with E-state index in [9.17, 15) is 0 Å². The summed E-state index contributed by atoms with van der Waals surface area (Å²) in [4.78, 5) is 0. The summed E-state index contributed by atoms with van der Waals surface area (Å²) in [6.07, 6.45) is 10.7. The van der Waals surface area contributed by atoms with Crippen molar-refractivity contribution in [1.29, 1.82) is 0 Å². The SMILES string of the molecule is C1CCC2(CC1)CCOC1(CCSCC1)N2. The normalized spacial score (nSPS) is 33.0. The molecule has 2 spiro atoms. The number of ether oxygens (including phenoxy) is 1. The maximum absolute atomic E-state index is 6.11. The van der Waals surface area contributed by atoms with Crippen LogP contribution in [0.4, 0.5) is 0 Å².